The van der Waals surface area contributed by atoms with Crippen molar-refractivity contribution >= 4 is 28.7 Å². The lowest BCUT2D eigenvalue weighted by atomic mass is 10.0. The molecular formula is C21H20FN3O3S. The maximum atomic E-state index is 13.6. The zero-order valence-electron chi connectivity index (χ0n) is 16.0. The summed E-state index contributed by atoms with van der Waals surface area (Å²) in [5, 5.41) is 6.54. The number of benzene rings is 2. The molecule has 0 saturated carbocycles. The van der Waals surface area contributed by atoms with Crippen molar-refractivity contribution in [3.63, 3.8) is 0 Å². The zero-order chi connectivity index (χ0) is 20.6. The average molecular weight is 413 g/mol. The van der Waals surface area contributed by atoms with Crippen LogP contribution in [-0.4, -0.2) is 30.9 Å². The number of esters is 1. The van der Waals surface area contributed by atoms with Crippen LogP contribution in [0.2, 0.25) is 0 Å². The first-order chi connectivity index (χ1) is 14.1. The van der Waals surface area contributed by atoms with Crippen LogP contribution >= 0.6 is 11.3 Å². The van der Waals surface area contributed by atoms with Gasteiger partial charge in [-0.25, -0.2) is 9.37 Å². The van der Waals surface area contributed by atoms with E-state index < -0.39 is 0 Å². The molecule has 150 valence electrons. The number of anilines is 1. The van der Waals surface area contributed by atoms with Gasteiger partial charge in [0.2, 0.25) is 5.13 Å². The van der Waals surface area contributed by atoms with Gasteiger partial charge >= 0.3 is 5.97 Å². The quantitative estimate of drug-likeness (QED) is 0.334. The van der Waals surface area contributed by atoms with Gasteiger partial charge in [-0.2, -0.15) is 5.10 Å². The van der Waals surface area contributed by atoms with Crippen LogP contribution in [0.1, 0.15) is 18.2 Å². The Balaban J connectivity index is 1.62. The van der Waals surface area contributed by atoms with Gasteiger partial charge in [-0.3, -0.25) is 10.2 Å². The lowest BCUT2D eigenvalue weighted by Crippen LogP contribution is -2.07. The third kappa shape index (κ3) is 5.61. The normalized spacial score (nSPS) is 10.9. The van der Waals surface area contributed by atoms with Crippen molar-refractivity contribution in [3.8, 4) is 16.9 Å². The standard InChI is InChI=1S/C21H20FN3O3S/c1-3-28-20(26)11-17-13-29-21(24-17)25-23-12-14-4-6-15(7-5-14)18-10-16(22)8-9-19(18)27-2/h4-10,12-13H,3,11H2,1-2H3,(H,24,25). The zero-order valence-corrected chi connectivity index (χ0v) is 16.8. The third-order valence-electron chi connectivity index (χ3n) is 3.94. The second-order valence-corrected chi connectivity index (χ2v) is 6.82. The van der Waals surface area contributed by atoms with Gasteiger partial charge in [0.05, 0.1) is 32.0 Å². The molecule has 8 heteroatoms. The molecule has 0 aliphatic rings. The summed E-state index contributed by atoms with van der Waals surface area (Å²) in [4.78, 5) is 15.8. The SMILES string of the molecule is CCOC(=O)Cc1csc(NN=Cc2ccc(-c3cc(F)ccc3OC)cc2)n1. The molecule has 0 aliphatic heterocycles. The molecule has 1 aromatic heterocycles. The summed E-state index contributed by atoms with van der Waals surface area (Å²) < 4.78 is 23.8. The number of aromatic nitrogens is 1. The fourth-order valence-corrected chi connectivity index (χ4v) is 3.28. The Bertz CT molecular complexity index is 1000. The smallest absolute Gasteiger partial charge is 0.311 e. The number of thiazole rings is 1. The Hall–Kier alpha value is -3.26. The monoisotopic (exact) mass is 413 g/mol. The summed E-state index contributed by atoms with van der Waals surface area (Å²) in [7, 11) is 1.56. The van der Waals surface area contributed by atoms with Crippen LogP contribution < -0.4 is 10.2 Å². The van der Waals surface area contributed by atoms with E-state index in [-0.39, 0.29) is 18.2 Å². The fraction of sp³-hybridized carbons (Fsp3) is 0.190. The van der Waals surface area contributed by atoms with Crippen LogP contribution in [0.15, 0.2) is 52.9 Å². The van der Waals surface area contributed by atoms with Crippen LogP contribution in [0.5, 0.6) is 5.75 Å². The predicted octanol–water partition coefficient (Wildman–Crippen LogP) is 4.51. The largest absolute Gasteiger partial charge is 0.496 e. The summed E-state index contributed by atoms with van der Waals surface area (Å²) in [6, 6.07) is 11.9. The highest BCUT2D eigenvalue weighted by Gasteiger charge is 2.08. The minimum atomic E-state index is -0.318. The Morgan fingerprint density at radius 3 is 2.79 bits per heavy atom. The van der Waals surface area contributed by atoms with Crippen LogP contribution in [0, 0.1) is 5.82 Å². The summed E-state index contributed by atoms with van der Waals surface area (Å²) in [5.74, 6) is -0.0128. The minimum absolute atomic E-state index is 0.140. The Morgan fingerprint density at radius 1 is 1.28 bits per heavy atom. The molecule has 0 aliphatic carbocycles. The van der Waals surface area contributed by atoms with Crippen LogP contribution in [-0.2, 0) is 16.0 Å². The number of rotatable bonds is 8. The molecule has 2 aromatic carbocycles. The van der Waals surface area contributed by atoms with E-state index in [4.69, 9.17) is 9.47 Å². The third-order valence-corrected chi connectivity index (χ3v) is 4.74. The van der Waals surface area contributed by atoms with Gasteiger partial charge < -0.3 is 9.47 Å². The van der Waals surface area contributed by atoms with Crippen molar-refractivity contribution in [1.29, 1.82) is 0 Å². The van der Waals surface area contributed by atoms with Crippen molar-refractivity contribution in [2.45, 2.75) is 13.3 Å². The highest BCUT2D eigenvalue weighted by Crippen LogP contribution is 2.30. The van der Waals surface area contributed by atoms with Gasteiger partial charge in [-0.15, -0.1) is 11.3 Å². The van der Waals surface area contributed by atoms with Crippen LogP contribution in [0.3, 0.4) is 0 Å². The molecule has 0 bridgehead atoms. The number of methoxy groups -OCH3 is 1. The molecule has 0 spiro atoms. The Morgan fingerprint density at radius 2 is 2.07 bits per heavy atom. The van der Waals surface area contributed by atoms with Gasteiger partial charge in [0.1, 0.15) is 11.6 Å². The van der Waals surface area contributed by atoms with E-state index in [1.54, 1.807) is 31.7 Å². The predicted molar refractivity (Wildman–Crippen MR) is 112 cm³/mol. The maximum absolute atomic E-state index is 13.6. The number of carbonyl (C=O) groups is 1. The van der Waals surface area contributed by atoms with E-state index >= 15 is 0 Å². The number of halogens is 1. The second-order valence-electron chi connectivity index (χ2n) is 5.96. The molecule has 0 amide bonds. The summed E-state index contributed by atoms with van der Waals surface area (Å²) in [6.45, 7) is 2.12. The Kier molecular flexibility index (Phi) is 6.91. The number of nitrogens with zero attached hydrogens (tertiary/aromatic N) is 2. The van der Waals surface area contributed by atoms with Crippen molar-refractivity contribution in [2.24, 2.45) is 5.10 Å². The highest BCUT2D eigenvalue weighted by molar-refractivity contribution is 7.13. The molecule has 0 saturated heterocycles. The van der Waals surface area contributed by atoms with Crippen molar-refractivity contribution in [1.82, 2.24) is 4.98 Å². The second kappa shape index (κ2) is 9.79. The number of ether oxygens (including phenoxy) is 2. The molecule has 0 fully saturated rings. The van der Waals surface area contributed by atoms with Gasteiger partial charge in [0, 0.05) is 10.9 Å². The first-order valence-electron chi connectivity index (χ1n) is 8.92. The molecular weight excluding hydrogens is 393 g/mol. The van der Waals surface area contributed by atoms with Gasteiger partial charge in [-0.1, -0.05) is 24.3 Å². The fourth-order valence-electron chi connectivity index (χ4n) is 2.62. The molecule has 3 aromatic rings. The molecule has 1 heterocycles. The van der Waals surface area contributed by atoms with E-state index in [9.17, 15) is 9.18 Å². The number of hydrazone groups is 1. The van der Waals surface area contributed by atoms with Crippen molar-refractivity contribution in [2.75, 3.05) is 19.1 Å². The summed E-state index contributed by atoms with van der Waals surface area (Å²) >= 11 is 1.36. The molecule has 0 unspecified atom stereocenters. The van der Waals surface area contributed by atoms with E-state index in [0.29, 0.717) is 28.7 Å². The van der Waals surface area contributed by atoms with E-state index in [1.807, 2.05) is 24.3 Å². The van der Waals surface area contributed by atoms with E-state index in [0.717, 1.165) is 11.1 Å². The van der Waals surface area contributed by atoms with Crippen LogP contribution in [0.25, 0.3) is 11.1 Å². The van der Waals surface area contributed by atoms with Crippen LogP contribution in [0.4, 0.5) is 9.52 Å². The molecule has 6 nitrogen and oxygen atoms in total. The first-order valence-corrected chi connectivity index (χ1v) is 9.80. The van der Waals surface area contributed by atoms with Crippen molar-refractivity contribution in [3.05, 3.63) is 64.9 Å². The topological polar surface area (TPSA) is 72.8 Å². The summed E-state index contributed by atoms with van der Waals surface area (Å²) in [6.07, 6.45) is 1.79. The average Bonchev–Trinajstić information content (AvgIpc) is 3.15. The summed E-state index contributed by atoms with van der Waals surface area (Å²) in [5.41, 5.74) is 5.87. The minimum Gasteiger partial charge on any atom is -0.496 e. The Labute approximate surface area is 172 Å². The highest BCUT2D eigenvalue weighted by atomic mass is 32.1. The van der Waals surface area contributed by atoms with E-state index in [1.165, 1.54) is 23.5 Å². The van der Waals surface area contributed by atoms with Gasteiger partial charge in [0.25, 0.3) is 0 Å². The number of hydrogen-bond donors (Lipinski definition) is 1. The lowest BCUT2D eigenvalue weighted by molar-refractivity contribution is -0.142. The maximum Gasteiger partial charge on any atom is 0.311 e. The van der Waals surface area contributed by atoms with Gasteiger partial charge in [0.15, 0.2) is 0 Å². The molecule has 3 rings (SSSR count). The van der Waals surface area contributed by atoms with Gasteiger partial charge in [-0.05, 0) is 36.2 Å². The molecule has 29 heavy (non-hydrogen) atoms. The molecule has 0 atom stereocenters. The van der Waals surface area contributed by atoms with Crippen molar-refractivity contribution < 1.29 is 18.7 Å². The number of hydrogen-bond acceptors (Lipinski definition) is 7. The number of nitrogens with one attached hydrogen (secondary N) is 1. The molecule has 1 N–H and O–H groups in total. The molecule has 0 radical (unpaired) electrons. The van der Waals surface area contributed by atoms with E-state index in [2.05, 4.69) is 15.5 Å². The lowest BCUT2D eigenvalue weighted by Gasteiger charge is -2.09. The number of carbonyl (C=O) groups excluding carboxylic acids is 1. The first kappa shape index (κ1) is 20.5.